The number of likely N-dealkylation sites (tertiary alicyclic amines) is 1. The summed E-state index contributed by atoms with van der Waals surface area (Å²) < 4.78 is 13.0. The molecule has 1 aliphatic carbocycles. The zero-order chi connectivity index (χ0) is 29.3. The molecule has 0 bridgehead atoms. The number of piperidine rings is 1. The largest absolute Gasteiger partial charge is 0.372 e. The Morgan fingerprint density at radius 3 is 2.13 bits per heavy atom. The van der Waals surface area contributed by atoms with E-state index in [4.69, 9.17) is 28.0 Å². The monoisotopic (exact) mass is 594 g/mol. The standard InChI is InChI=1S/C28H35Cl2NO2S.C2H6.CH3NO/c1-5-18-16-24(21-7-6-8-23(30)15-21)26(20-11-13-22(29)14-12-20)31(27(18)32)25(19-9-10-19)17-34(33)28(2,3)4;1-2;2-1-3/h6-8,11-15,18-19,24-26H,5,9-10,16-17H2,1-4H3;1-2H3;1H,(H2,2,3)/t18?,24-,25?,26?,34?;;/m1../s1. The first-order chi connectivity index (χ1) is 18.5. The first kappa shape index (κ1) is 33.3. The second-order valence-corrected chi connectivity index (χ2v) is 14.0. The van der Waals surface area contributed by atoms with Crippen LogP contribution >= 0.6 is 23.2 Å². The van der Waals surface area contributed by atoms with E-state index in [1.54, 1.807) is 0 Å². The molecule has 1 heterocycles. The van der Waals surface area contributed by atoms with Crippen molar-refractivity contribution in [2.75, 3.05) is 5.75 Å². The van der Waals surface area contributed by atoms with Gasteiger partial charge in [0.05, 0.1) is 6.04 Å². The zero-order valence-electron chi connectivity index (χ0n) is 24.0. The molecule has 5 atom stereocenters. The second kappa shape index (κ2) is 15.2. The summed E-state index contributed by atoms with van der Waals surface area (Å²) in [6, 6.07) is 15.8. The van der Waals surface area contributed by atoms with E-state index in [-0.39, 0.29) is 41.0 Å². The number of rotatable bonds is 7. The Morgan fingerprint density at radius 1 is 1.05 bits per heavy atom. The van der Waals surface area contributed by atoms with E-state index < -0.39 is 10.8 Å². The molecular formula is C31H44Cl2N2O3S. The Morgan fingerprint density at radius 2 is 1.64 bits per heavy atom. The van der Waals surface area contributed by atoms with Gasteiger partial charge in [-0.3, -0.25) is 13.8 Å². The van der Waals surface area contributed by atoms with Crippen molar-refractivity contribution in [1.29, 1.82) is 0 Å². The molecule has 0 aromatic heterocycles. The molecule has 2 aromatic rings. The van der Waals surface area contributed by atoms with Crippen molar-refractivity contribution in [1.82, 2.24) is 4.90 Å². The number of nitrogens with zero attached hydrogens (tertiary/aromatic N) is 1. The number of primary amides is 1. The SMILES string of the molecule is CC.CCC1C[C@H](c2cccc(Cl)c2)C(c2ccc(Cl)cc2)N(C(CS(=O)C(C)(C)C)C2CC2)C1=O.NC=O. The average Bonchev–Trinajstić information content (AvgIpc) is 3.74. The highest BCUT2D eigenvalue weighted by Crippen LogP contribution is 2.50. The van der Waals surface area contributed by atoms with Crippen LogP contribution in [0.2, 0.25) is 10.0 Å². The van der Waals surface area contributed by atoms with Crippen LogP contribution in [0.25, 0.3) is 0 Å². The van der Waals surface area contributed by atoms with Crippen molar-refractivity contribution in [2.45, 2.75) is 90.0 Å². The van der Waals surface area contributed by atoms with Crippen LogP contribution in [0.15, 0.2) is 48.5 Å². The number of hydrogen-bond acceptors (Lipinski definition) is 3. The maximum Gasteiger partial charge on any atom is 0.226 e. The molecular weight excluding hydrogens is 551 g/mol. The van der Waals surface area contributed by atoms with Crippen molar-refractivity contribution in [3.63, 3.8) is 0 Å². The minimum atomic E-state index is -1.05. The molecule has 2 fully saturated rings. The van der Waals surface area contributed by atoms with Crippen LogP contribution in [0.3, 0.4) is 0 Å². The van der Waals surface area contributed by atoms with Crippen molar-refractivity contribution in [3.8, 4) is 0 Å². The predicted molar refractivity (Wildman–Crippen MR) is 165 cm³/mol. The van der Waals surface area contributed by atoms with Gasteiger partial charge >= 0.3 is 0 Å². The molecule has 8 heteroatoms. The molecule has 2 amide bonds. The predicted octanol–water partition coefficient (Wildman–Crippen LogP) is 7.53. The summed E-state index contributed by atoms with van der Waals surface area (Å²) in [4.78, 5) is 24.7. The molecule has 1 aliphatic heterocycles. The Balaban J connectivity index is 0.000000998. The average molecular weight is 596 g/mol. The number of amides is 2. The van der Waals surface area contributed by atoms with E-state index in [0.717, 1.165) is 36.8 Å². The Hall–Kier alpha value is -1.89. The summed E-state index contributed by atoms with van der Waals surface area (Å²) in [5, 5.41) is 1.38. The van der Waals surface area contributed by atoms with E-state index in [2.05, 4.69) is 23.6 Å². The molecule has 1 saturated carbocycles. The second-order valence-electron chi connectivity index (χ2n) is 10.9. The van der Waals surface area contributed by atoms with Crippen molar-refractivity contribution in [2.24, 2.45) is 17.6 Å². The van der Waals surface area contributed by atoms with Crippen molar-refractivity contribution in [3.05, 3.63) is 69.7 Å². The van der Waals surface area contributed by atoms with Gasteiger partial charge in [-0.2, -0.15) is 0 Å². The molecule has 2 aromatic carbocycles. The lowest BCUT2D eigenvalue weighted by atomic mass is 9.74. The highest BCUT2D eigenvalue weighted by molar-refractivity contribution is 7.86. The first-order valence-corrected chi connectivity index (χ1v) is 16.0. The van der Waals surface area contributed by atoms with Crippen LogP contribution in [-0.4, -0.2) is 38.0 Å². The smallest absolute Gasteiger partial charge is 0.226 e. The Kier molecular flexibility index (Phi) is 13.0. The molecule has 2 N–H and O–H groups in total. The summed E-state index contributed by atoms with van der Waals surface area (Å²) in [6.45, 7) is 12.2. The highest BCUT2D eigenvalue weighted by atomic mass is 35.5. The summed E-state index contributed by atoms with van der Waals surface area (Å²) in [6.07, 6.45) is 3.99. The lowest BCUT2D eigenvalue weighted by molar-refractivity contribution is -0.146. The molecule has 4 rings (SSSR count). The molecule has 39 heavy (non-hydrogen) atoms. The van der Waals surface area contributed by atoms with Gasteiger partial charge in [0, 0.05) is 49.2 Å². The first-order valence-electron chi connectivity index (χ1n) is 13.9. The van der Waals surface area contributed by atoms with Gasteiger partial charge in [-0.1, -0.05) is 68.2 Å². The van der Waals surface area contributed by atoms with Crippen LogP contribution in [0, 0.1) is 11.8 Å². The van der Waals surface area contributed by atoms with Gasteiger partial charge in [0.15, 0.2) is 0 Å². The molecule has 1 saturated heterocycles. The Bertz CT molecular complexity index is 1100. The van der Waals surface area contributed by atoms with Gasteiger partial charge in [0.25, 0.3) is 0 Å². The van der Waals surface area contributed by atoms with Crippen molar-refractivity contribution < 1.29 is 13.8 Å². The minimum Gasteiger partial charge on any atom is -0.372 e. The third-order valence-corrected chi connectivity index (χ3v) is 9.83. The highest BCUT2D eigenvalue weighted by Gasteiger charge is 2.49. The molecule has 5 nitrogen and oxygen atoms in total. The van der Waals surface area contributed by atoms with Crippen LogP contribution in [-0.2, 0) is 20.4 Å². The van der Waals surface area contributed by atoms with Gasteiger partial charge in [-0.15, -0.1) is 0 Å². The number of carbonyl (C=O) groups is 2. The van der Waals surface area contributed by atoms with Gasteiger partial charge < -0.3 is 10.6 Å². The van der Waals surface area contributed by atoms with Gasteiger partial charge in [0.2, 0.25) is 12.3 Å². The third-order valence-electron chi connectivity index (χ3n) is 7.33. The van der Waals surface area contributed by atoms with E-state index >= 15 is 0 Å². The summed E-state index contributed by atoms with van der Waals surface area (Å²) in [5.41, 5.74) is 6.39. The number of benzene rings is 2. The fourth-order valence-corrected chi connectivity index (χ4v) is 6.79. The number of nitrogens with two attached hydrogens (primary N) is 1. The number of hydrogen-bond donors (Lipinski definition) is 1. The summed E-state index contributed by atoms with van der Waals surface area (Å²) in [5.74, 6) is 1.16. The molecule has 0 spiro atoms. The van der Waals surface area contributed by atoms with Crippen LogP contribution < -0.4 is 5.73 Å². The summed E-state index contributed by atoms with van der Waals surface area (Å²) >= 11 is 12.7. The molecule has 216 valence electrons. The van der Waals surface area contributed by atoms with Gasteiger partial charge in [-0.05, 0) is 87.8 Å². The van der Waals surface area contributed by atoms with E-state index in [1.165, 1.54) is 0 Å². The van der Waals surface area contributed by atoms with Gasteiger partial charge in [0.1, 0.15) is 0 Å². The Labute approximate surface area is 247 Å². The summed E-state index contributed by atoms with van der Waals surface area (Å²) in [7, 11) is -1.05. The normalized spacial score (nSPS) is 22.5. The van der Waals surface area contributed by atoms with E-state index in [9.17, 15) is 9.00 Å². The van der Waals surface area contributed by atoms with Crippen LogP contribution in [0.1, 0.15) is 90.3 Å². The van der Waals surface area contributed by atoms with E-state index in [0.29, 0.717) is 21.7 Å². The maximum atomic E-state index is 14.0. The zero-order valence-corrected chi connectivity index (χ0v) is 26.4. The fraction of sp³-hybridized carbons (Fsp3) is 0.548. The van der Waals surface area contributed by atoms with E-state index in [1.807, 2.05) is 77.1 Å². The van der Waals surface area contributed by atoms with Crippen LogP contribution in [0.5, 0.6) is 0 Å². The maximum absolute atomic E-state index is 14.0. The minimum absolute atomic E-state index is 0.0377. The third kappa shape index (κ3) is 8.80. The molecule has 4 unspecified atom stereocenters. The number of carbonyl (C=O) groups excluding carboxylic acids is 2. The van der Waals surface area contributed by atoms with Crippen molar-refractivity contribution >= 4 is 46.3 Å². The number of halogens is 2. The topological polar surface area (TPSA) is 80.5 Å². The lowest BCUT2D eigenvalue weighted by Crippen LogP contribution is -2.54. The van der Waals surface area contributed by atoms with Gasteiger partial charge in [-0.25, -0.2) is 0 Å². The fourth-order valence-electron chi connectivity index (χ4n) is 5.23. The molecule has 2 aliphatic rings. The lowest BCUT2D eigenvalue weighted by Gasteiger charge is -2.49. The quantitative estimate of drug-likeness (QED) is 0.336. The molecule has 0 radical (unpaired) electrons. The van der Waals surface area contributed by atoms with Crippen LogP contribution in [0.4, 0.5) is 0 Å².